The Bertz CT molecular complexity index is 409. The lowest BCUT2D eigenvalue weighted by molar-refractivity contribution is -0.123. The Balaban J connectivity index is 2.34. The van der Waals surface area contributed by atoms with E-state index in [1.54, 1.807) is 31.4 Å². The highest BCUT2D eigenvalue weighted by Crippen LogP contribution is 2.18. The van der Waals surface area contributed by atoms with Gasteiger partial charge >= 0.3 is 0 Å². The maximum Gasteiger partial charge on any atom is 0.257 e. The van der Waals surface area contributed by atoms with Gasteiger partial charge in [0.2, 0.25) is 0 Å². The van der Waals surface area contributed by atoms with Crippen LogP contribution in [0.3, 0.4) is 0 Å². The van der Waals surface area contributed by atoms with Gasteiger partial charge in [0.1, 0.15) is 11.5 Å². The van der Waals surface area contributed by atoms with Gasteiger partial charge in [-0.1, -0.05) is 6.07 Å². The number of nitrogens with one attached hydrogen (secondary N) is 1. The van der Waals surface area contributed by atoms with Crippen LogP contribution >= 0.6 is 0 Å². The summed E-state index contributed by atoms with van der Waals surface area (Å²) in [5.41, 5.74) is 0. The van der Waals surface area contributed by atoms with Gasteiger partial charge in [-0.05, 0) is 12.1 Å². The molecule has 0 aliphatic rings. The first-order valence-electron chi connectivity index (χ1n) is 5.23. The molecule has 0 unspecified atom stereocenters. The summed E-state index contributed by atoms with van der Waals surface area (Å²) in [5, 5.41) is 2.64. The summed E-state index contributed by atoms with van der Waals surface area (Å²) in [6, 6.07) is 7.08. The normalized spacial score (nSPS) is 9.18. The van der Waals surface area contributed by atoms with Crippen molar-refractivity contribution < 1.29 is 14.3 Å². The highest BCUT2D eigenvalue weighted by molar-refractivity contribution is 5.77. The van der Waals surface area contributed by atoms with Crippen molar-refractivity contribution in [3.8, 4) is 23.8 Å². The lowest BCUT2D eigenvalue weighted by atomic mass is 10.3. The Labute approximate surface area is 101 Å². The maximum atomic E-state index is 11.3. The molecule has 4 heteroatoms. The van der Waals surface area contributed by atoms with Gasteiger partial charge < -0.3 is 14.8 Å². The van der Waals surface area contributed by atoms with Gasteiger partial charge in [-0.3, -0.25) is 4.79 Å². The summed E-state index contributed by atoms with van der Waals surface area (Å²) < 4.78 is 10.3. The standard InChI is InChI=1S/C13H15NO3/c1-3-4-8-14-13(15)10-17-12-7-5-6-11(9-12)16-2/h1,5-7,9H,4,8,10H2,2H3,(H,14,15). The molecule has 0 atom stereocenters. The van der Waals surface area contributed by atoms with E-state index in [0.717, 1.165) is 0 Å². The molecule has 0 saturated heterocycles. The zero-order valence-electron chi connectivity index (χ0n) is 9.73. The van der Waals surface area contributed by atoms with Crippen LogP contribution in [-0.4, -0.2) is 26.2 Å². The first-order chi connectivity index (χ1) is 8.26. The molecule has 4 nitrogen and oxygen atoms in total. The predicted molar refractivity (Wildman–Crippen MR) is 64.9 cm³/mol. The number of carbonyl (C=O) groups is 1. The molecular formula is C13H15NO3. The van der Waals surface area contributed by atoms with E-state index in [4.69, 9.17) is 15.9 Å². The third kappa shape index (κ3) is 4.94. The number of rotatable bonds is 6. The number of methoxy groups -OCH3 is 1. The molecule has 0 radical (unpaired) electrons. The van der Waals surface area contributed by atoms with Crippen LogP contribution in [0.2, 0.25) is 0 Å². The number of terminal acetylenes is 1. The van der Waals surface area contributed by atoms with Gasteiger partial charge in [-0.15, -0.1) is 12.3 Å². The number of ether oxygens (including phenoxy) is 2. The fourth-order valence-electron chi connectivity index (χ4n) is 1.16. The van der Waals surface area contributed by atoms with Crippen molar-refractivity contribution in [3.63, 3.8) is 0 Å². The molecule has 0 aliphatic heterocycles. The van der Waals surface area contributed by atoms with E-state index >= 15 is 0 Å². The smallest absolute Gasteiger partial charge is 0.257 e. The van der Waals surface area contributed by atoms with Crippen molar-refractivity contribution in [2.75, 3.05) is 20.3 Å². The second-order valence-electron chi connectivity index (χ2n) is 3.27. The molecule has 17 heavy (non-hydrogen) atoms. The summed E-state index contributed by atoms with van der Waals surface area (Å²) in [5.74, 6) is 3.53. The molecule has 0 heterocycles. The van der Waals surface area contributed by atoms with Crippen LogP contribution in [0, 0.1) is 12.3 Å². The second kappa shape index (κ2) is 7.18. The van der Waals surface area contributed by atoms with E-state index in [1.165, 1.54) is 0 Å². The summed E-state index contributed by atoms with van der Waals surface area (Å²) in [7, 11) is 1.58. The lowest BCUT2D eigenvalue weighted by Crippen LogP contribution is -2.29. The summed E-state index contributed by atoms with van der Waals surface area (Å²) in [4.78, 5) is 11.3. The molecule has 0 saturated carbocycles. The number of benzene rings is 1. The van der Waals surface area contributed by atoms with Gasteiger partial charge in [0.25, 0.3) is 5.91 Å². The third-order valence-corrected chi connectivity index (χ3v) is 2.00. The van der Waals surface area contributed by atoms with Crippen molar-refractivity contribution in [3.05, 3.63) is 24.3 Å². The van der Waals surface area contributed by atoms with Crippen LogP contribution in [0.25, 0.3) is 0 Å². The molecule has 0 spiro atoms. The second-order valence-corrected chi connectivity index (χ2v) is 3.27. The van der Waals surface area contributed by atoms with E-state index in [1.807, 2.05) is 0 Å². The first kappa shape index (κ1) is 12.9. The highest BCUT2D eigenvalue weighted by Gasteiger charge is 2.02. The third-order valence-electron chi connectivity index (χ3n) is 2.00. The quantitative estimate of drug-likeness (QED) is 0.593. The average molecular weight is 233 g/mol. The number of hydrogen-bond acceptors (Lipinski definition) is 3. The van der Waals surface area contributed by atoms with E-state index in [0.29, 0.717) is 24.5 Å². The maximum absolute atomic E-state index is 11.3. The molecule has 1 aromatic carbocycles. The Hall–Kier alpha value is -2.15. The summed E-state index contributed by atoms with van der Waals surface area (Å²) >= 11 is 0. The van der Waals surface area contributed by atoms with Crippen molar-refractivity contribution in [2.24, 2.45) is 0 Å². The van der Waals surface area contributed by atoms with E-state index in [9.17, 15) is 4.79 Å². The monoisotopic (exact) mass is 233 g/mol. The minimum absolute atomic E-state index is 0.0300. The minimum atomic E-state index is -0.192. The van der Waals surface area contributed by atoms with E-state index in [-0.39, 0.29) is 12.5 Å². The fourth-order valence-corrected chi connectivity index (χ4v) is 1.16. The Morgan fingerprint density at radius 3 is 2.94 bits per heavy atom. The van der Waals surface area contributed by atoms with Gasteiger partial charge in [-0.2, -0.15) is 0 Å². The van der Waals surface area contributed by atoms with Gasteiger partial charge in [0, 0.05) is 19.0 Å². The van der Waals surface area contributed by atoms with Crippen LogP contribution in [0.5, 0.6) is 11.5 Å². The zero-order chi connectivity index (χ0) is 12.5. The fraction of sp³-hybridized carbons (Fsp3) is 0.308. The van der Waals surface area contributed by atoms with Crippen LogP contribution in [0.15, 0.2) is 24.3 Å². The largest absolute Gasteiger partial charge is 0.497 e. The highest BCUT2D eigenvalue weighted by atomic mass is 16.5. The molecule has 90 valence electrons. The Morgan fingerprint density at radius 1 is 1.47 bits per heavy atom. The number of hydrogen-bond donors (Lipinski definition) is 1. The van der Waals surface area contributed by atoms with Crippen LogP contribution in [0.1, 0.15) is 6.42 Å². The summed E-state index contributed by atoms with van der Waals surface area (Å²) in [6.45, 7) is 0.439. The Morgan fingerprint density at radius 2 is 2.24 bits per heavy atom. The molecule has 1 amide bonds. The molecule has 0 bridgehead atoms. The number of carbonyl (C=O) groups excluding carboxylic acids is 1. The predicted octanol–water partition coefficient (Wildman–Crippen LogP) is 1.21. The number of amides is 1. The molecule has 0 fully saturated rings. The molecule has 0 aromatic heterocycles. The average Bonchev–Trinajstić information content (AvgIpc) is 2.37. The van der Waals surface area contributed by atoms with Crippen molar-refractivity contribution in [1.82, 2.24) is 5.32 Å². The zero-order valence-corrected chi connectivity index (χ0v) is 9.73. The van der Waals surface area contributed by atoms with E-state index in [2.05, 4.69) is 11.2 Å². The van der Waals surface area contributed by atoms with Gasteiger partial charge in [0.15, 0.2) is 6.61 Å². The molecular weight excluding hydrogens is 218 g/mol. The topological polar surface area (TPSA) is 47.6 Å². The van der Waals surface area contributed by atoms with Crippen molar-refractivity contribution in [2.45, 2.75) is 6.42 Å². The SMILES string of the molecule is C#CCCNC(=O)COc1cccc(OC)c1. The molecule has 0 aliphatic carbocycles. The van der Waals surface area contributed by atoms with Gasteiger partial charge in [-0.25, -0.2) is 0 Å². The lowest BCUT2D eigenvalue weighted by Gasteiger charge is -2.07. The first-order valence-corrected chi connectivity index (χ1v) is 5.23. The van der Waals surface area contributed by atoms with Crippen LogP contribution < -0.4 is 14.8 Å². The molecule has 1 aromatic rings. The minimum Gasteiger partial charge on any atom is -0.497 e. The van der Waals surface area contributed by atoms with Crippen molar-refractivity contribution >= 4 is 5.91 Å². The summed E-state index contributed by atoms with van der Waals surface area (Å²) in [6.07, 6.45) is 5.58. The molecule has 1 N–H and O–H groups in total. The van der Waals surface area contributed by atoms with Crippen LogP contribution in [-0.2, 0) is 4.79 Å². The van der Waals surface area contributed by atoms with Crippen LogP contribution in [0.4, 0.5) is 0 Å². The van der Waals surface area contributed by atoms with Gasteiger partial charge in [0.05, 0.1) is 7.11 Å². The Kier molecular flexibility index (Phi) is 5.45. The van der Waals surface area contributed by atoms with E-state index < -0.39 is 0 Å². The molecule has 1 rings (SSSR count). The van der Waals surface area contributed by atoms with Crippen molar-refractivity contribution in [1.29, 1.82) is 0 Å².